The molecule has 0 heterocycles. The van der Waals surface area contributed by atoms with Gasteiger partial charge in [-0.2, -0.15) is 0 Å². The normalized spacial score (nSPS) is 14.9. The number of hydrogen-bond acceptors (Lipinski definition) is 3. The van der Waals surface area contributed by atoms with Crippen LogP contribution in [0.5, 0.6) is 0 Å². The Hall–Kier alpha value is -0.900. The van der Waals surface area contributed by atoms with Gasteiger partial charge in [-0.25, -0.2) is 0 Å². The highest BCUT2D eigenvalue weighted by atomic mass is 16.5. The van der Waals surface area contributed by atoms with Crippen LogP contribution in [-0.4, -0.2) is 23.9 Å². The Morgan fingerprint density at radius 3 is 2.60 bits per heavy atom. The Morgan fingerprint density at radius 2 is 2.00 bits per heavy atom. The molecule has 0 fully saturated rings. The Labute approximate surface area is 90.9 Å². The third-order valence-corrected chi connectivity index (χ3v) is 2.29. The van der Waals surface area contributed by atoms with Gasteiger partial charge in [-0.1, -0.05) is 30.3 Å². The molecule has 0 amide bonds. The molecule has 3 heteroatoms. The molecule has 1 rings (SSSR count). The van der Waals surface area contributed by atoms with Gasteiger partial charge in [0.15, 0.2) is 0 Å². The summed E-state index contributed by atoms with van der Waals surface area (Å²) in [6.07, 6.45) is 0.663. The minimum Gasteiger partial charge on any atom is -0.394 e. The molecule has 1 atom stereocenters. The Morgan fingerprint density at radius 1 is 1.33 bits per heavy atom. The molecule has 15 heavy (non-hydrogen) atoms. The van der Waals surface area contributed by atoms with E-state index in [0.717, 1.165) is 5.56 Å². The van der Waals surface area contributed by atoms with E-state index in [-0.39, 0.29) is 6.61 Å². The van der Waals surface area contributed by atoms with Crippen molar-refractivity contribution in [3.63, 3.8) is 0 Å². The van der Waals surface area contributed by atoms with Gasteiger partial charge in [0, 0.05) is 12.1 Å². The molecule has 0 spiro atoms. The van der Waals surface area contributed by atoms with Crippen LogP contribution in [-0.2, 0) is 11.3 Å². The molecular weight excluding hydrogens is 190 g/mol. The van der Waals surface area contributed by atoms with Crippen LogP contribution in [0.2, 0.25) is 0 Å². The Balaban J connectivity index is 2.18. The number of benzene rings is 1. The van der Waals surface area contributed by atoms with Gasteiger partial charge in [0.1, 0.15) is 0 Å². The SMILES string of the molecule is CC(N)(CO)CCOCc1ccccc1. The maximum Gasteiger partial charge on any atom is 0.0716 e. The minimum absolute atomic E-state index is 0.0122. The molecule has 0 saturated heterocycles. The van der Waals surface area contributed by atoms with Gasteiger partial charge in [-0.15, -0.1) is 0 Å². The molecule has 3 N–H and O–H groups in total. The summed E-state index contributed by atoms with van der Waals surface area (Å²) in [5.74, 6) is 0. The van der Waals surface area contributed by atoms with Crippen LogP contribution in [0.25, 0.3) is 0 Å². The number of ether oxygens (including phenoxy) is 1. The maximum absolute atomic E-state index is 8.93. The summed E-state index contributed by atoms with van der Waals surface area (Å²) in [6, 6.07) is 9.99. The van der Waals surface area contributed by atoms with Crippen molar-refractivity contribution in [3.8, 4) is 0 Å². The van der Waals surface area contributed by atoms with Crippen molar-refractivity contribution in [1.29, 1.82) is 0 Å². The van der Waals surface area contributed by atoms with E-state index in [2.05, 4.69) is 0 Å². The zero-order chi connectivity index (χ0) is 11.1. The van der Waals surface area contributed by atoms with Crippen molar-refractivity contribution in [2.24, 2.45) is 5.73 Å². The van der Waals surface area contributed by atoms with Crippen LogP contribution in [0.4, 0.5) is 0 Å². The minimum atomic E-state index is -0.531. The number of aliphatic hydroxyl groups is 1. The summed E-state index contributed by atoms with van der Waals surface area (Å²) in [4.78, 5) is 0. The molecule has 0 radical (unpaired) electrons. The summed E-state index contributed by atoms with van der Waals surface area (Å²) >= 11 is 0. The molecule has 0 saturated carbocycles. The topological polar surface area (TPSA) is 55.5 Å². The van der Waals surface area contributed by atoms with E-state index in [1.54, 1.807) is 0 Å². The standard InChI is InChI=1S/C12H19NO2/c1-12(13,10-14)7-8-15-9-11-5-3-2-4-6-11/h2-6,14H,7-10,13H2,1H3. The van der Waals surface area contributed by atoms with E-state index < -0.39 is 5.54 Å². The van der Waals surface area contributed by atoms with Crippen molar-refractivity contribution in [1.82, 2.24) is 0 Å². The van der Waals surface area contributed by atoms with E-state index in [0.29, 0.717) is 19.6 Å². The number of nitrogens with two attached hydrogens (primary N) is 1. The fourth-order valence-corrected chi connectivity index (χ4v) is 1.15. The first-order chi connectivity index (χ1) is 7.14. The zero-order valence-electron chi connectivity index (χ0n) is 9.15. The largest absolute Gasteiger partial charge is 0.394 e. The fraction of sp³-hybridized carbons (Fsp3) is 0.500. The second-order valence-corrected chi connectivity index (χ2v) is 4.10. The lowest BCUT2D eigenvalue weighted by Crippen LogP contribution is -2.41. The molecule has 1 unspecified atom stereocenters. The van der Waals surface area contributed by atoms with Gasteiger partial charge in [-0.05, 0) is 18.9 Å². The van der Waals surface area contributed by atoms with Gasteiger partial charge in [0.2, 0.25) is 0 Å². The van der Waals surface area contributed by atoms with Gasteiger partial charge in [0.25, 0.3) is 0 Å². The van der Waals surface area contributed by atoms with Crippen LogP contribution in [0.3, 0.4) is 0 Å². The first-order valence-electron chi connectivity index (χ1n) is 5.15. The van der Waals surface area contributed by atoms with Crippen LogP contribution in [0.1, 0.15) is 18.9 Å². The monoisotopic (exact) mass is 209 g/mol. The summed E-state index contributed by atoms with van der Waals surface area (Å²) < 4.78 is 5.47. The predicted octanol–water partition coefficient (Wildman–Crippen LogP) is 1.30. The van der Waals surface area contributed by atoms with E-state index in [9.17, 15) is 0 Å². The molecule has 0 aliphatic rings. The summed E-state index contributed by atoms with van der Waals surface area (Å²) in [7, 11) is 0. The van der Waals surface area contributed by atoms with Crippen molar-refractivity contribution in [2.75, 3.05) is 13.2 Å². The zero-order valence-corrected chi connectivity index (χ0v) is 9.15. The van der Waals surface area contributed by atoms with Gasteiger partial charge in [-0.3, -0.25) is 0 Å². The average molecular weight is 209 g/mol. The number of rotatable bonds is 6. The van der Waals surface area contributed by atoms with Crippen LogP contribution < -0.4 is 5.73 Å². The highest BCUT2D eigenvalue weighted by molar-refractivity contribution is 5.13. The smallest absolute Gasteiger partial charge is 0.0716 e. The first-order valence-corrected chi connectivity index (χ1v) is 5.15. The van der Waals surface area contributed by atoms with Crippen LogP contribution in [0.15, 0.2) is 30.3 Å². The highest BCUT2D eigenvalue weighted by Crippen LogP contribution is 2.06. The van der Waals surface area contributed by atoms with E-state index in [1.807, 2.05) is 37.3 Å². The molecule has 0 bridgehead atoms. The van der Waals surface area contributed by atoms with Crippen LogP contribution >= 0.6 is 0 Å². The molecular formula is C12H19NO2. The third kappa shape index (κ3) is 4.93. The molecule has 0 aliphatic carbocycles. The van der Waals surface area contributed by atoms with E-state index >= 15 is 0 Å². The van der Waals surface area contributed by atoms with Gasteiger partial charge < -0.3 is 15.6 Å². The van der Waals surface area contributed by atoms with Crippen molar-refractivity contribution >= 4 is 0 Å². The second-order valence-electron chi connectivity index (χ2n) is 4.10. The summed E-state index contributed by atoms with van der Waals surface area (Å²) in [5.41, 5.74) is 6.39. The van der Waals surface area contributed by atoms with Gasteiger partial charge in [0.05, 0.1) is 13.2 Å². The highest BCUT2D eigenvalue weighted by Gasteiger charge is 2.15. The Bertz CT molecular complexity index is 272. The van der Waals surface area contributed by atoms with E-state index in [1.165, 1.54) is 0 Å². The quantitative estimate of drug-likeness (QED) is 0.694. The molecule has 0 aromatic heterocycles. The number of aliphatic hydroxyl groups excluding tert-OH is 1. The van der Waals surface area contributed by atoms with Crippen molar-refractivity contribution < 1.29 is 9.84 Å². The van der Waals surface area contributed by atoms with Crippen LogP contribution in [0, 0.1) is 0 Å². The molecule has 0 aliphatic heterocycles. The maximum atomic E-state index is 8.93. The van der Waals surface area contributed by atoms with Gasteiger partial charge >= 0.3 is 0 Å². The third-order valence-electron chi connectivity index (χ3n) is 2.29. The van der Waals surface area contributed by atoms with Crippen molar-refractivity contribution in [3.05, 3.63) is 35.9 Å². The lowest BCUT2D eigenvalue weighted by Gasteiger charge is -2.21. The summed E-state index contributed by atoms with van der Waals surface area (Å²) in [5, 5.41) is 8.93. The molecule has 1 aromatic rings. The molecule has 1 aromatic carbocycles. The fourth-order valence-electron chi connectivity index (χ4n) is 1.15. The molecule has 84 valence electrons. The lowest BCUT2D eigenvalue weighted by molar-refractivity contribution is 0.0899. The van der Waals surface area contributed by atoms with E-state index in [4.69, 9.17) is 15.6 Å². The lowest BCUT2D eigenvalue weighted by atomic mass is 10.0. The average Bonchev–Trinajstić information content (AvgIpc) is 2.26. The molecule has 3 nitrogen and oxygen atoms in total. The predicted molar refractivity (Wildman–Crippen MR) is 60.4 cm³/mol. The summed E-state index contributed by atoms with van der Waals surface area (Å²) in [6.45, 7) is 2.98. The van der Waals surface area contributed by atoms with Crippen molar-refractivity contribution in [2.45, 2.75) is 25.5 Å². The first kappa shape index (κ1) is 12.2. The number of hydrogen-bond donors (Lipinski definition) is 2. The second kappa shape index (κ2) is 5.85. The Kier molecular flexibility index (Phi) is 4.75.